The van der Waals surface area contributed by atoms with Gasteiger partial charge in [-0.15, -0.1) is 0 Å². The number of hydrogen-bond acceptors (Lipinski definition) is 7. The number of hydrogen-bond donors (Lipinski definition) is 2. The molecule has 0 aromatic heterocycles. The molecule has 0 aliphatic heterocycles. The van der Waals surface area contributed by atoms with Crippen LogP contribution in [0.5, 0.6) is 5.75 Å². The maximum Gasteiger partial charge on any atom is 4.00 e. The van der Waals surface area contributed by atoms with Crippen molar-refractivity contribution < 1.29 is 34.0 Å². The molecule has 0 aliphatic carbocycles. The van der Waals surface area contributed by atoms with Gasteiger partial charge < -0.3 is 25.2 Å². The standard InChI is InChI=1S/C10H10N2O4.2C7H6F.C2H6O.Sn/c1-6(10(15)16)11-12-9(14)7-4-2-3-5-8(7)13;2*1-6-2-4-7(8)5-3-6;1-2-3;/h2-5,13H,1H3,(H,12,14)(H,15,16);2*2-5H,1H2;3H,2H2,1H3;/q;2*-1;;+4/p-2/b11-6+;;;;. The summed E-state index contributed by atoms with van der Waals surface area (Å²) in [5.74, 6) is -2.99. The Morgan fingerprint density at radius 2 is 1.25 bits per heavy atom. The van der Waals surface area contributed by atoms with E-state index >= 15 is 0 Å². The maximum absolute atomic E-state index is 12.1. The van der Waals surface area contributed by atoms with Gasteiger partial charge in [0.25, 0.3) is 0 Å². The minimum atomic E-state index is -1.51. The SMILES string of the molecule is C/C(=N\N=C(/[O-])c1ccccc1O)C(=O)[O-].CCO.[CH2-]c1ccc(F)cc1.[CH2-]c1ccc(F)cc1.[Sn+4]. The molecule has 2 N–H and O–H groups in total. The van der Waals surface area contributed by atoms with Crippen LogP contribution in [0, 0.1) is 25.5 Å². The fraction of sp³-hybridized carbons (Fsp3) is 0.115. The first-order valence-electron chi connectivity index (χ1n) is 10.1. The van der Waals surface area contributed by atoms with Crippen LogP contribution in [0.1, 0.15) is 30.5 Å². The summed E-state index contributed by atoms with van der Waals surface area (Å²) in [5.41, 5.74) is 1.22. The van der Waals surface area contributed by atoms with E-state index in [4.69, 9.17) is 5.11 Å². The van der Waals surface area contributed by atoms with Gasteiger partial charge >= 0.3 is 23.9 Å². The van der Waals surface area contributed by atoms with E-state index in [9.17, 15) is 28.9 Å². The van der Waals surface area contributed by atoms with Crippen molar-refractivity contribution in [1.82, 2.24) is 0 Å². The van der Waals surface area contributed by atoms with E-state index in [1.54, 1.807) is 37.3 Å². The van der Waals surface area contributed by atoms with Gasteiger partial charge in [-0.2, -0.15) is 59.4 Å². The number of phenolic OH excluding ortho intramolecular Hbond substituents is 1. The van der Waals surface area contributed by atoms with Crippen LogP contribution >= 0.6 is 0 Å². The third kappa shape index (κ3) is 16.1. The Morgan fingerprint density at radius 3 is 1.58 bits per heavy atom. The number of rotatable bonds is 3. The molecule has 3 rings (SSSR count). The molecule has 0 heterocycles. The number of para-hydroxylation sites is 1. The van der Waals surface area contributed by atoms with E-state index in [-0.39, 0.29) is 53.5 Å². The smallest absolute Gasteiger partial charge is 0.857 e. The first-order valence-corrected chi connectivity index (χ1v) is 10.1. The van der Waals surface area contributed by atoms with Gasteiger partial charge in [-0.05, 0) is 19.9 Å². The summed E-state index contributed by atoms with van der Waals surface area (Å²) < 4.78 is 24.1. The van der Waals surface area contributed by atoms with Crippen molar-refractivity contribution in [3.05, 3.63) is 115 Å². The normalized spacial score (nSPS) is 10.1. The molecule has 0 radical (unpaired) electrons. The van der Waals surface area contributed by atoms with Gasteiger partial charge in [0.15, 0.2) is 0 Å². The van der Waals surface area contributed by atoms with E-state index in [1.165, 1.54) is 42.5 Å². The predicted octanol–water partition coefficient (Wildman–Crippen LogP) is 2.26. The molecule has 0 atom stereocenters. The average Bonchev–Trinajstić information content (AvgIpc) is 2.82. The molecule has 0 fully saturated rings. The van der Waals surface area contributed by atoms with E-state index in [1.807, 2.05) is 0 Å². The van der Waals surface area contributed by atoms with E-state index < -0.39 is 17.6 Å². The van der Waals surface area contributed by atoms with Crippen LogP contribution in [0.4, 0.5) is 8.78 Å². The predicted molar refractivity (Wildman–Crippen MR) is 133 cm³/mol. The molecular formula is C26H26F2N2O5Sn. The van der Waals surface area contributed by atoms with Gasteiger partial charge in [0.2, 0.25) is 0 Å². The number of aliphatic hydroxyl groups excluding tert-OH is 1. The van der Waals surface area contributed by atoms with Crippen LogP contribution in [0.25, 0.3) is 0 Å². The zero-order valence-corrected chi connectivity index (χ0v) is 22.7. The Hall–Kier alpha value is -3.57. The molecule has 0 unspecified atom stereocenters. The first kappa shape index (κ1) is 34.6. The molecule has 7 nitrogen and oxygen atoms in total. The summed E-state index contributed by atoms with van der Waals surface area (Å²) in [6.45, 7) is 10.3. The second-order valence-electron chi connectivity index (χ2n) is 6.46. The molecule has 0 spiro atoms. The second kappa shape index (κ2) is 19.7. The van der Waals surface area contributed by atoms with Gasteiger partial charge in [-0.1, -0.05) is 42.5 Å². The molecule has 0 amide bonds. The van der Waals surface area contributed by atoms with Crippen molar-refractivity contribution >= 4 is 41.5 Å². The third-order valence-corrected chi connectivity index (χ3v) is 3.55. The Balaban J connectivity index is 0. The van der Waals surface area contributed by atoms with Crippen molar-refractivity contribution in [1.29, 1.82) is 0 Å². The van der Waals surface area contributed by atoms with Gasteiger partial charge in [-0.3, -0.25) is 0 Å². The number of carboxylic acids is 1. The van der Waals surface area contributed by atoms with Crippen LogP contribution in [0.3, 0.4) is 0 Å². The number of aromatic hydroxyl groups is 1. The Bertz CT molecular complexity index is 1000. The number of nitrogens with zero attached hydrogens (tertiary/aromatic N) is 2. The van der Waals surface area contributed by atoms with Crippen molar-refractivity contribution in [2.24, 2.45) is 10.2 Å². The quantitative estimate of drug-likeness (QED) is 0.156. The summed E-state index contributed by atoms with van der Waals surface area (Å²) in [6.07, 6.45) is 0. The number of aliphatic hydroxyl groups is 1. The number of carbonyl (C=O) groups excluding carboxylic acids is 1. The van der Waals surface area contributed by atoms with Crippen LogP contribution in [0.15, 0.2) is 83.0 Å². The van der Waals surface area contributed by atoms with Gasteiger partial charge in [0.05, 0.1) is 23.3 Å². The minimum Gasteiger partial charge on any atom is -0.857 e. The summed E-state index contributed by atoms with van der Waals surface area (Å²) in [4.78, 5) is 10.3. The van der Waals surface area contributed by atoms with Crippen molar-refractivity contribution in [3.8, 4) is 5.75 Å². The fourth-order valence-electron chi connectivity index (χ4n) is 1.84. The van der Waals surface area contributed by atoms with Crippen LogP contribution < -0.4 is 10.2 Å². The second-order valence-corrected chi connectivity index (χ2v) is 6.46. The molecular weight excluding hydrogens is 577 g/mol. The monoisotopic (exact) mass is 604 g/mol. The fourth-order valence-corrected chi connectivity index (χ4v) is 1.84. The molecule has 3 aromatic carbocycles. The zero-order chi connectivity index (χ0) is 26.8. The summed E-state index contributed by atoms with van der Waals surface area (Å²) >= 11 is 0. The topological polar surface area (TPSA) is 128 Å². The minimum absolute atomic E-state index is 0. The van der Waals surface area contributed by atoms with E-state index in [2.05, 4.69) is 24.1 Å². The van der Waals surface area contributed by atoms with Gasteiger partial charge in [0, 0.05) is 18.1 Å². The van der Waals surface area contributed by atoms with Crippen molar-refractivity contribution in [3.63, 3.8) is 0 Å². The number of benzene rings is 3. The van der Waals surface area contributed by atoms with Crippen LogP contribution in [-0.2, 0) is 4.79 Å². The van der Waals surface area contributed by atoms with Crippen molar-refractivity contribution in [2.45, 2.75) is 13.8 Å². The van der Waals surface area contributed by atoms with Gasteiger partial charge in [-0.25, -0.2) is 8.78 Å². The van der Waals surface area contributed by atoms with Crippen LogP contribution in [0.2, 0.25) is 0 Å². The van der Waals surface area contributed by atoms with E-state index in [0.29, 0.717) is 0 Å². The molecule has 0 bridgehead atoms. The molecule has 10 heteroatoms. The largest absolute Gasteiger partial charge is 4.00 e. The molecule has 36 heavy (non-hydrogen) atoms. The Labute approximate surface area is 226 Å². The molecule has 0 aliphatic rings. The Morgan fingerprint density at radius 1 is 0.861 bits per heavy atom. The zero-order valence-electron chi connectivity index (χ0n) is 19.8. The third-order valence-electron chi connectivity index (χ3n) is 3.55. The van der Waals surface area contributed by atoms with Crippen LogP contribution in [-0.4, -0.2) is 58.3 Å². The number of phenols is 1. The maximum atomic E-state index is 12.1. The Kier molecular flexibility index (Phi) is 18.9. The van der Waals surface area contributed by atoms with Crippen molar-refractivity contribution in [2.75, 3.05) is 6.61 Å². The molecule has 3 aromatic rings. The number of halogens is 2. The molecule has 0 saturated carbocycles. The number of carboxylic acid groups (broad SMARTS) is 1. The van der Waals surface area contributed by atoms with Gasteiger partial charge in [0.1, 0.15) is 5.75 Å². The van der Waals surface area contributed by atoms with E-state index in [0.717, 1.165) is 18.1 Å². The number of carbonyl (C=O) groups is 1. The molecule has 0 saturated heterocycles. The summed E-state index contributed by atoms with van der Waals surface area (Å²) in [6, 6.07) is 17.9. The summed E-state index contributed by atoms with van der Waals surface area (Å²) in [7, 11) is 0. The summed E-state index contributed by atoms with van der Waals surface area (Å²) in [5, 5.41) is 44.8. The molecule has 188 valence electrons. The first-order chi connectivity index (χ1) is 16.5. The number of aliphatic carboxylic acids is 1. The average molecular weight is 603 g/mol.